The first-order chi connectivity index (χ1) is 6.27. The number of hydrogen-bond donors (Lipinski definition) is 2. The molecule has 0 fully saturated rings. The molecule has 0 radical (unpaired) electrons. The molecule has 1 heterocycles. The van der Waals surface area contributed by atoms with Crippen LogP contribution in [0.3, 0.4) is 0 Å². The predicted molar refractivity (Wildman–Crippen MR) is 57.0 cm³/mol. The Morgan fingerprint density at radius 1 is 1.69 bits per heavy atom. The molecule has 1 aromatic heterocycles. The molecule has 0 spiro atoms. The van der Waals surface area contributed by atoms with E-state index in [0.29, 0.717) is 12.6 Å². The Morgan fingerprint density at radius 3 is 3.00 bits per heavy atom. The van der Waals surface area contributed by atoms with Gasteiger partial charge in [-0.3, -0.25) is 0 Å². The predicted octanol–water partition coefficient (Wildman–Crippen LogP) is 1.31. The van der Waals surface area contributed by atoms with Gasteiger partial charge < -0.3 is 11.1 Å². The minimum Gasteiger partial charge on any atom is -0.329 e. The summed E-state index contributed by atoms with van der Waals surface area (Å²) in [4.78, 5) is 5.70. The van der Waals surface area contributed by atoms with Gasteiger partial charge in [0, 0.05) is 24.2 Å². The summed E-state index contributed by atoms with van der Waals surface area (Å²) in [5.41, 5.74) is 5.41. The third kappa shape index (κ3) is 3.06. The fourth-order valence-corrected chi connectivity index (χ4v) is 1.96. The first-order valence-corrected chi connectivity index (χ1v) is 5.47. The van der Waals surface area contributed by atoms with E-state index in [2.05, 4.69) is 24.1 Å². The van der Waals surface area contributed by atoms with Gasteiger partial charge in [-0.1, -0.05) is 6.92 Å². The van der Waals surface area contributed by atoms with Gasteiger partial charge in [0.15, 0.2) is 0 Å². The maximum Gasteiger partial charge on any atom is 0.109 e. The lowest BCUT2D eigenvalue weighted by Crippen LogP contribution is -2.25. The first-order valence-electron chi connectivity index (χ1n) is 4.66. The molecule has 1 atom stereocenters. The molecule has 0 aliphatic carbocycles. The van der Waals surface area contributed by atoms with Crippen LogP contribution < -0.4 is 11.1 Å². The Labute approximate surface area is 83.4 Å². The van der Waals surface area contributed by atoms with Crippen LogP contribution in [0.25, 0.3) is 0 Å². The molecule has 1 aromatic rings. The number of aromatic nitrogens is 1. The smallest absolute Gasteiger partial charge is 0.109 e. The molecule has 0 bridgehead atoms. The van der Waals surface area contributed by atoms with Crippen LogP contribution >= 0.6 is 11.3 Å². The standard InChI is InChI=1S/C9H17N3S/c1-3-8-6-12-9(13-8)7(2)11-5-4-10/h6-7,11H,3-5,10H2,1-2H3. The molecule has 3 N–H and O–H groups in total. The zero-order chi connectivity index (χ0) is 9.68. The number of rotatable bonds is 5. The zero-order valence-corrected chi connectivity index (χ0v) is 9.03. The molecule has 0 amide bonds. The summed E-state index contributed by atoms with van der Waals surface area (Å²) in [5.74, 6) is 0. The van der Waals surface area contributed by atoms with Crippen LogP contribution in [-0.2, 0) is 6.42 Å². The van der Waals surface area contributed by atoms with Crippen LogP contribution in [0.5, 0.6) is 0 Å². The van der Waals surface area contributed by atoms with Crippen LogP contribution in [0.1, 0.15) is 29.8 Å². The molecular weight excluding hydrogens is 182 g/mol. The van der Waals surface area contributed by atoms with Gasteiger partial charge in [0.1, 0.15) is 5.01 Å². The Hall–Kier alpha value is -0.450. The highest BCUT2D eigenvalue weighted by Gasteiger charge is 2.08. The summed E-state index contributed by atoms with van der Waals surface area (Å²) >= 11 is 1.78. The zero-order valence-electron chi connectivity index (χ0n) is 8.21. The van der Waals surface area contributed by atoms with Crippen molar-refractivity contribution in [2.24, 2.45) is 5.73 Å². The van der Waals surface area contributed by atoms with E-state index in [-0.39, 0.29) is 0 Å². The Kier molecular flexibility index (Phi) is 4.35. The third-order valence-corrected chi connectivity index (χ3v) is 3.21. The van der Waals surface area contributed by atoms with Gasteiger partial charge >= 0.3 is 0 Å². The molecule has 4 heteroatoms. The average Bonchev–Trinajstić information content (AvgIpc) is 2.62. The van der Waals surface area contributed by atoms with E-state index in [1.807, 2.05) is 6.20 Å². The number of nitrogens with two attached hydrogens (primary N) is 1. The topological polar surface area (TPSA) is 50.9 Å². The van der Waals surface area contributed by atoms with Gasteiger partial charge in [0.05, 0.1) is 6.04 Å². The molecule has 3 nitrogen and oxygen atoms in total. The lowest BCUT2D eigenvalue weighted by molar-refractivity contribution is 0.579. The second-order valence-electron chi connectivity index (χ2n) is 2.98. The maximum absolute atomic E-state index is 5.41. The number of hydrogen-bond acceptors (Lipinski definition) is 4. The van der Waals surface area contributed by atoms with Crippen LogP contribution in [-0.4, -0.2) is 18.1 Å². The SMILES string of the molecule is CCc1cnc(C(C)NCCN)s1. The molecule has 0 saturated heterocycles. The van der Waals surface area contributed by atoms with E-state index in [4.69, 9.17) is 5.73 Å². The fourth-order valence-electron chi connectivity index (χ4n) is 1.07. The van der Waals surface area contributed by atoms with Crippen molar-refractivity contribution in [3.63, 3.8) is 0 Å². The molecule has 0 aliphatic heterocycles. The normalized spacial score (nSPS) is 13.2. The van der Waals surface area contributed by atoms with Crippen molar-refractivity contribution in [2.45, 2.75) is 26.3 Å². The van der Waals surface area contributed by atoms with Crippen molar-refractivity contribution >= 4 is 11.3 Å². The van der Waals surface area contributed by atoms with Gasteiger partial charge in [-0.05, 0) is 13.3 Å². The number of aryl methyl sites for hydroxylation is 1. The summed E-state index contributed by atoms with van der Waals surface area (Å²) in [7, 11) is 0. The van der Waals surface area contributed by atoms with E-state index < -0.39 is 0 Å². The highest BCUT2D eigenvalue weighted by Crippen LogP contribution is 2.19. The number of nitrogens with one attached hydrogen (secondary N) is 1. The first kappa shape index (κ1) is 10.6. The second kappa shape index (κ2) is 5.32. The van der Waals surface area contributed by atoms with E-state index in [9.17, 15) is 0 Å². The largest absolute Gasteiger partial charge is 0.329 e. The van der Waals surface area contributed by atoms with Crippen molar-refractivity contribution in [2.75, 3.05) is 13.1 Å². The van der Waals surface area contributed by atoms with Crippen LogP contribution in [0.2, 0.25) is 0 Å². The molecule has 1 rings (SSSR count). The van der Waals surface area contributed by atoms with E-state index >= 15 is 0 Å². The van der Waals surface area contributed by atoms with Crippen LogP contribution in [0.15, 0.2) is 6.20 Å². The van der Waals surface area contributed by atoms with Crippen LogP contribution in [0.4, 0.5) is 0 Å². The van der Waals surface area contributed by atoms with E-state index in [0.717, 1.165) is 18.0 Å². The van der Waals surface area contributed by atoms with Crippen molar-refractivity contribution in [3.8, 4) is 0 Å². The summed E-state index contributed by atoms with van der Waals surface area (Å²) in [5, 5.41) is 4.47. The lowest BCUT2D eigenvalue weighted by atomic mass is 10.3. The van der Waals surface area contributed by atoms with Crippen molar-refractivity contribution in [3.05, 3.63) is 16.1 Å². The summed E-state index contributed by atoms with van der Waals surface area (Å²) < 4.78 is 0. The van der Waals surface area contributed by atoms with Gasteiger partial charge in [-0.15, -0.1) is 11.3 Å². The van der Waals surface area contributed by atoms with Gasteiger partial charge in [0.25, 0.3) is 0 Å². The molecular formula is C9H17N3S. The summed E-state index contributed by atoms with van der Waals surface area (Å²) in [6.45, 7) is 5.79. The summed E-state index contributed by atoms with van der Waals surface area (Å²) in [6, 6.07) is 0.328. The second-order valence-corrected chi connectivity index (χ2v) is 4.13. The Bertz CT molecular complexity index is 247. The number of thiazole rings is 1. The Morgan fingerprint density at radius 2 is 2.46 bits per heavy atom. The number of nitrogens with zero attached hydrogens (tertiary/aromatic N) is 1. The summed E-state index contributed by atoms with van der Waals surface area (Å²) in [6.07, 6.45) is 3.03. The van der Waals surface area contributed by atoms with Gasteiger partial charge in [-0.2, -0.15) is 0 Å². The molecule has 1 unspecified atom stereocenters. The quantitative estimate of drug-likeness (QED) is 0.752. The van der Waals surface area contributed by atoms with Crippen molar-refractivity contribution in [1.82, 2.24) is 10.3 Å². The molecule has 0 saturated carbocycles. The van der Waals surface area contributed by atoms with Crippen molar-refractivity contribution in [1.29, 1.82) is 0 Å². The van der Waals surface area contributed by atoms with E-state index in [1.54, 1.807) is 11.3 Å². The molecule has 0 aliphatic rings. The third-order valence-electron chi connectivity index (χ3n) is 1.89. The minimum atomic E-state index is 0.328. The van der Waals surface area contributed by atoms with Gasteiger partial charge in [-0.25, -0.2) is 4.98 Å². The molecule has 74 valence electrons. The van der Waals surface area contributed by atoms with Gasteiger partial charge in [0.2, 0.25) is 0 Å². The van der Waals surface area contributed by atoms with Crippen LogP contribution in [0, 0.1) is 0 Å². The monoisotopic (exact) mass is 199 g/mol. The van der Waals surface area contributed by atoms with Crippen molar-refractivity contribution < 1.29 is 0 Å². The highest BCUT2D eigenvalue weighted by molar-refractivity contribution is 7.11. The van der Waals surface area contributed by atoms with E-state index in [1.165, 1.54) is 4.88 Å². The lowest BCUT2D eigenvalue weighted by Gasteiger charge is -2.08. The molecule has 0 aromatic carbocycles. The highest BCUT2D eigenvalue weighted by atomic mass is 32.1. The Balaban J connectivity index is 2.50. The minimum absolute atomic E-state index is 0.328. The molecule has 13 heavy (non-hydrogen) atoms. The fraction of sp³-hybridized carbons (Fsp3) is 0.667. The maximum atomic E-state index is 5.41. The average molecular weight is 199 g/mol.